The van der Waals surface area contributed by atoms with Crippen molar-refractivity contribution in [2.24, 2.45) is 0 Å². The van der Waals surface area contributed by atoms with Crippen LogP contribution in [-0.2, 0) is 9.53 Å². The van der Waals surface area contributed by atoms with Crippen LogP contribution in [0, 0.1) is 6.92 Å². The van der Waals surface area contributed by atoms with Gasteiger partial charge in [-0.15, -0.1) is 0 Å². The van der Waals surface area contributed by atoms with Gasteiger partial charge in [-0.25, -0.2) is 4.79 Å². The zero-order valence-corrected chi connectivity index (χ0v) is 15.4. The second-order valence-electron chi connectivity index (χ2n) is 6.47. The fourth-order valence-corrected chi connectivity index (χ4v) is 3.06. The fourth-order valence-electron chi connectivity index (χ4n) is 3.06. The van der Waals surface area contributed by atoms with E-state index in [1.54, 1.807) is 12.1 Å². The molecule has 0 heterocycles. The minimum Gasteiger partial charge on any atom is -0.452 e. The summed E-state index contributed by atoms with van der Waals surface area (Å²) in [6, 6.07) is 18.9. The lowest BCUT2D eigenvalue weighted by Gasteiger charge is -2.17. The zero-order chi connectivity index (χ0) is 19.4. The number of para-hydroxylation sites is 1. The average Bonchev–Trinajstić information content (AvgIpc) is 2.67. The van der Waals surface area contributed by atoms with Gasteiger partial charge in [0.1, 0.15) is 0 Å². The van der Waals surface area contributed by atoms with Crippen LogP contribution in [-0.4, -0.2) is 18.5 Å². The molecule has 138 valence electrons. The first kappa shape index (κ1) is 18.5. The number of aryl methyl sites for hydroxylation is 1. The molecule has 5 heteroatoms. The van der Waals surface area contributed by atoms with Crippen molar-refractivity contribution in [2.45, 2.75) is 19.9 Å². The monoisotopic (exact) mass is 362 g/mol. The van der Waals surface area contributed by atoms with Crippen molar-refractivity contribution in [3.05, 3.63) is 77.4 Å². The van der Waals surface area contributed by atoms with Crippen molar-refractivity contribution in [3.63, 3.8) is 0 Å². The molecule has 0 bridgehead atoms. The third-order valence-electron chi connectivity index (χ3n) is 4.55. The van der Waals surface area contributed by atoms with E-state index in [1.165, 1.54) is 0 Å². The predicted molar refractivity (Wildman–Crippen MR) is 106 cm³/mol. The van der Waals surface area contributed by atoms with Crippen LogP contribution in [0.3, 0.4) is 0 Å². The Morgan fingerprint density at radius 2 is 1.74 bits per heavy atom. The van der Waals surface area contributed by atoms with Crippen LogP contribution >= 0.6 is 0 Å². The molecule has 0 saturated heterocycles. The smallest absolute Gasteiger partial charge is 0.340 e. The van der Waals surface area contributed by atoms with Crippen molar-refractivity contribution in [2.75, 3.05) is 12.3 Å². The van der Waals surface area contributed by atoms with Gasteiger partial charge >= 0.3 is 5.97 Å². The van der Waals surface area contributed by atoms with Crippen LogP contribution in [0.25, 0.3) is 10.8 Å². The highest BCUT2D eigenvalue weighted by atomic mass is 16.5. The molecule has 0 radical (unpaired) electrons. The topological polar surface area (TPSA) is 81.4 Å². The molecule has 1 amide bonds. The van der Waals surface area contributed by atoms with Crippen molar-refractivity contribution in [1.82, 2.24) is 5.32 Å². The van der Waals surface area contributed by atoms with Gasteiger partial charge < -0.3 is 15.8 Å². The van der Waals surface area contributed by atoms with Crippen LogP contribution in [0.1, 0.15) is 34.5 Å². The Bertz CT molecular complexity index is 993. The molecule has 3 rings (SSSR count). The van der Waals surface area contributed by atoms with E-state index in [2.05, 4.69) is 5.32 Å². The Hall–Kier alpha value is -3.34. The average molecular weight is 362 g/mol. The first-order chi connectivity index (χ1) is 13.0. The van der Waals surface area contributed by atoms with Gasteiger partial charge in [0.25, 0.3) is 5.91 Å². The number of carbonyl (C=O) groups excluding carboxylic acids is 2. The van der Waals surface area contributed by atoms with Crippen LogP contribution in [0.2, 0.25) is 0 Å². The van der Waals surface area contributed by atoms with Crippen LogP contribution in [0.15, 0.2) is 60.7 Å². The van der Waals surface area contributed by atoms with Crippen molar-refractivity contribution < 1.29 is 14.3 Å². The predicted octanol–water partition coefficient (Wildman–Crippen LogP) is 3.76. The summed E-state index contributed by atoms with van der Waals surface area (Å²) in [6.45, 7) is 3.35. The van der Waals surface area contributed by atoms with Crippen molar-refractivity contribution in [3.8, 4) is 0 Å². The number of fused-ring (bicyclic) bond motifs is 1. The third kappa shape index (κ3) is 4.08. The molecule has 0 aliphatic carbocycles. The van der Waals surface area contributed by atoms with Gasteiger partial charge in [-0.2, -0.15) is 0 Å². The number of nitrogens with one attached hydrogen (secondary N) is 1. The van der Waals surface area contributed by atoms with Crippen molar-refractivity contribution >= 4 is 28.3 Å². The Morgan fingerprint density at radius 3 is 2.56 bits per heavy atom. The standard InChI is InChI=1S/C22H22N2O3/c1-14-7-5-12-19(21(14)23)22(26)27-13-20(25)24-15(2)17-11-6-9-16-8-3-4-10-18(16)17/h3-12,15H,13,23H2,1-2H3,(H,24,25)/t15-/m1/s1. The molecule has 0 saturated carbocycles. The Kier molecular flexibility index (Phi) is 5.41. The molecule has 0 spiro atoms. The van der Waals surface area contributed by atoms with Crippen LogP contribution in [0.4, 0.5) is 5.69 Å². The van der Waals surface area contributed by atoms with Gasteiger partial charge in [0.05, 0.1) is 11.6 Å². The van der Waals surface area contributed by atoms with Gasteiger partial charge in [-0.3, -0.25) is 4.79 Å². The SMILES string of the molecule is Cc1cccc(C(=O)OCC(=O)N[C@H](C)c2cccc3ccccc23)c1N. The quantitative estimate of drug-likeness (QED) is 0.535. The fraction of sp³-hybridized carbons (Fsp3) is 0.182. The van der Waals surface area contributed by atoms with Crippen LogP contribution < -0.4 is 11.1 Å². The summed E-state index contributed by atoms with van der Waals surface area (Å²) in [7, 11) is 0. The molecule has 0 fully saturated rings. The van der Waals surface area contributed by atoms with E-state index in [0.29, 0.717) is 5.69 Å². The molecule has 3 aromatic rings. The lowest BCUT2D eigenvalue weighted by atomic mass is 10.00. The Morgan fingerprint density at radius 1 is 1.04 bits per heavy atom. The van der Waals surface area contributed by atoms with E-state index in [0.717, 1.165) is 21.9 Å². The largest absolute Gasteiger partial charge is 0.452 e. The van der Waals surface area contributed by atoms with Crippen LogP contribution in [0.5, 0.6) is 0 Å². The van der Waals surface area contributed by atoms with E-state index in [-0.39, 0.29) is 24.1 Å². The van der Waals surface area contributed by atoms with E-state index >= 15 is 0 Å². The zero-order valence-electron chi connectivity index (χ0n) is 15.4. The lowest BCUT2D eigenvalue weighted by molar-refractivity contribution is -0.124. The summed E-state index contributed by atoms with van der Waals surface area (Å²) in [5, 5.41) is 5.06. The molecule has 0 unspecified atom stereocenters. The highest BCUT2D eigenvalue weighted by Gasteiger charge is 2.16. The highest BCUT2D eigenvalue weighted by Crippen LogP contribution is 2.24. The number of amides is 1. The molecule has 3 N–H and O–H groups in total. The summed E-state index contributed by atoms with van der Waals surface area (Å²) in [6.07, 6.45) is 0. The summed E-state index contributed by atoms with van der Waals surface area (Å²) in [4.78, 5) is 24.4. The molecule has 0 aliphatic heterocycles. The summed E-state index contributed by atoms with van der Waals surface area (Å²) in [5.41, 5.74) is 8.33. The minimum absolute atomic E-state index is 0.216. The summed E-state index contributed by atoms with van der Waals surface area (Å²) in [5.74, 6) is -0.973. The summed E-state index contributed by atoms with van der Waals surface area (Å²) >= 11 is 0. The maximum absolute atomic E-state index is 12.2. The molecule has 3 aromatic carbocycles. The maximum atomic E-state index is 12.2. The van der Waals surface area contributed by atoms with Gasteiger partial charge in [0, 0.05) is 5.69 Å². The second kappa shape index (κ2) is 7.91. The Labute approximate surface area is 158 Å². The molecule has 0 aliphatic rings. The molecular weight excluding hydrogens is 340 g/mol. The number of hydrogen-bond acceptors (Lipinski definition) is 4. The first-order valence-corrected chi connectivity index (χ1v) is 8.76. The van der Waals surface area contributed by atoms with Gasteiger partial charge in [0.2, 0.25) is 0 Å². The number of hydrogen-bond donors (Lipinski definition) is 2. The molecule has 0 aromatic heterocycles. The van der Waals surface area contributed by atoms with E-state index in [4.69, 9.17) is 10.5 Å². The van der Waals surface area contributed by atoms with Crippen molar-refractivity contribution in [1.29, 1.82) is 0 Å². The number of esters is 1. The minimum atomic E-state index is -0.607. The third-order valence-corrected chi connectivity index (χ3v) is 4.55. The molecule has 27 heavy (non-hydrogen) atoms. The van der Waals surface area contributed by atoms with E-state index < -0.39 is 5.97 Å². The number of nitrogens with two attached hydrogens (primary N) is 1. The molecular formula is C22H22N2O3. The van der Waals surface area contributed by atoms with Gasteiger partial charge in [0.15, 0.2) is 6.61 Å². The van der Waals surface area contributed by atoms with Gasteiger partial charge in [-0.05, 0) is 41.8 Å². The molecule has 1 atom stereocenters. The first-order valence-electron chi connectivity index (χ1n) is 8.76. The Balaban J connectivity index is 1.63. The highest BCUT2D eigenvalue weighted by molar-refractivity contribution is 5.97. The number of ether oxygens (including phenoxy) is 1. The second-order valence-corrected chi connectivity index (χ2v) is 6.47. The number of anilines is 1. The number of carbonyl (C=O) groups is 2. The molecule has 5 nitrogen and oxygen atoms in total. The van der Waals surface area contributed by atoms with Gasteiger partial charge in [-0.1, -0.05) is 54.6 Å². The normalized spacial score (nSPS) is 11.8. The number of nitrogen functional groups attached to an aromatic ring is 1. The lowest BCUT2D eigenvalue weighted by Crippen LogP contribution is -2.31. The maximum Gasteiger partial charge on any atom is 0.340 e. The van der Waals surface area contributed by atoms with E-state index in [9.17, 15) is 9.59 Å². The number of rotatable bonds is 5. The number of benzene rings is 3. The summed E-state index contributed by atoms with van der Waals surface area (Å²) < 4.78 is 5.12. The van der Waals surface area contributed by atoms with E-state index in [1.807, 2.05) is 62.4 Å².